The van der Waals surface area contributed by atoms with Gasteiger partial charge in [-0.3, -0.25) is 9.56 Å². The number of aliphatic imine (C=N–C) groups is 1. The summed E-state index contributed by atoms with van der Waals surface area (Å²) in [5, 5.41) is 9.79. The lowest BCUT2D eigenvalue weighted by atomic mass is 9.61. The van der Waals surface area contributed by atoms with Crippen LogP contribution in [0.4, 0.5) is 9.18 Å². The molecule has 1 saturated carbocycles. The summed E-state index contributed by atoms with van der Waals surface area (Å²) < 4.78 is 35.5. The number of carbonyl (C=O) groups is 1. The highest BCUT2D eigenvalue weighted by Crippen LogP contribution is 2.50. The van der Waals surface area contributed by atoms with E-state index in [0.717, 1.165) is 52.5 Å². The predicted molar refractivity (Wildman–Crippen MR) is 172 cm³/mol. The highest BCUT2D eigenvalue weighted by Gasteiger charge is 2.48. The summed E-state index contributed by atoms with van der Waals surface area (Å²) in [4.78, 5) is 24.9. The molecule has 1 aromatic carbocycles. The minimum atomic E-state index is -0.502. The molecule has 10 nitrogen and oxygen atoms in total. The number of rotatable bonds is 5. The minimum Gasteiger partial charge on any atom is -0.490 e. The fraction of sp³-hybridized carbons (Fsp3) is 0.500. The molecule has 1 atom stereocenters. The number of ether oxygens (including phenoxy) is 2. The van der Waals surface area contributed by atoms with Crippen LogP contribution in [0.5, 0.6) is 5.75 Å². The molecule has 4 aromatic rings. The van der Waals surface area contributed by atoms with E-state index in [9.17, 15) is 4.79 Å². The van der Waals surface area contributed by atoms with Crippen molar-refractivity contribution in [2.24, 2.45) is 10.4 Å². The molecule has 7 rings (SSSR count). The van der Waals surface area contributed by atoms with Crippen LogP contribution in [0.15, 0.2) is 40.1 Å². The molecule has 0 radical (unpaired) electrons. The number of fused-ring (bicyclic) bond motifs is 3. The molecule has 5 heterocycles. The van der Waals surface area contributed by atoms with Crippen molar-refractivity contribution in [3.05, 3.63) is 75.6 Å². The van der Waals surface area contributed by atoms with Crippen molar-refractivity contribution < 1.29 is 23.1 Å². The molecule has 1 aliphatic carbocycles. The Kier molecular flexibility index (Phi) is 7.53. The standard InChI is InChI=1S/C34H39FN6O4S/c1-19-20(2)46-31-28(19)29(37-26(16-27-36-11-14-43-27)30-39-38-21(3)41(30)31)24-8-7-22(15-25(24)35)44-23-17-34(18-23)9-12-40(13-10-34)32(42)45-33(4,5)6/h7-8,11,14-15,23,26H,9-10,12-13,16-18H2,1-6H3. The maximum absolute atomic E-state index is 16.1. The Hall–Kier alpha value is -4.06. The van der Waals surface area contributed by atoms with Crippen LogP contribution in [-0.4, -0.2) is 61.2 Å². The number of thiophene rings is 1. The van der Waals surface area contributed by atoms with Gasteiger partial charge < -0.3 is 18.8 Å². The average molecular weight is 647 g/mol. The lowest BCUT2D eigenvalue weighted by molar-refractivity contribution is -0.0583. The first-order valence-electron chi connectivity index (χ1n) is 15.8. The smallest absolute Gasteiger partial charge is 0.410 e. The number of halogens is 1. The van der Waals surface area contributed by atoms with Gasteiger partial charge in [-0.1, -0.05) is 0 Å². The van der Waals surface area contributed by atoms with Gasteiger partial charge in [-0.25, -0.2) is 14.2 Å². The van der Waals surface area contributed by atoms with Gasteiger partial charge in [-0.05, 0) is 90.3 Å². The second-order valence-electron chi connectivity index (χ2n) is 13.8. The monoisotopic (exact) mass is 646 g/mol. The number of aryl methyl sites for hydroxylation is 2. The molecule has 2 aliphatic heterocycles. The third-order valence-corrected chi connectivity index (χ3v) is 10.6. The van der Waals surface area contributed by atoms with Crippen LogP contribution in [0.1, 0.15) is 91.6 Å². The van der Waals surface area contributed by atoms with E-state index in [2.05, 4.69) is 22.1 Å². The molecule has 46 heavy (non-hydrogen) atoms. The second kappa shape index (κ2) is 11.3. The van der Waals surface area contributed by atoms with Crippen molar-refractivity contribution in [3.8, 4) is 10.8 Å². The lowest BCUT2D eigenvalue weighted by Gasteiger charge is -2.51. The molecule has 1 amide bonds. The number of benzene rings is 1. The number of aromatic nitrogens is 4. The van der Waals surface area contributed by atoms with Gasteiger partial charge in [-0.2, -0.15) is 0 Å². The molecule has 242 valence electrons. The van der Waals surface area contributed by atoms with E-state index in [1.807, 2.05) is 45.3 Å². The second-order valence-corrected chi connectivity index (χ2v) is 15.0. The van der Waals surface area contributed by atoms with Crippen molar-refractivity contribution in [2.45, 2.75) is 91.4 Å². The van der Waals surface area contributed by atoms with E-state index in [4.69, 9.17) is 18.9 Å². The molecule has 0 N–H and O–H groups in total. The van der Waals surface area contributed by atoms with Crippen molar-refractivity contribution >= 4 is 23.1 Å². The normalized spacial score (nSPS) is 19.2. The summed E-state index contributed by atoms with van der Waals surface area (Å²) in [6.07, 6.45) is 6.89. The molecule has 0 bridgehead atoms. The molecule has 1 saturated heterocycles. The van der Waals surface area contributed by atoms with E-state index in [-0.39, 0.29) is 17.6 Å². The topological polar surface area (TPSA) is 108 Å². The number of hydrogen-bond acceptors (Lipinski definition) is 9. The molecule has 3 aliphatic rings. The summed E-state index contributed by atoms with van der Waals surface area (Å²) >= 11 is 1.63. The van der Waals surface area contributed by atoms with Crippen LogP contribution >= 0.6 is 11.3 Å². The molecular weight excluding hydrogens is 607 g/mol. The van der Waals surface area contributed by atoms with E-state index in [1.54, 1.807) is 28.5 Å². The highest BCUT2D eigenvalue weighted by molar-refractivity contribution is 7.15. The Labute approximate surface area is 271 Å². The van der Waals surface area contributed by atoms with Crippen LogP contribution in [0.25, 0.3) is 5.00 Å². The summed E-state index contributed by atoms with van der Waals surface area (Å²) in [5.41, 5.74) is 2.57. The van der Waals surface area contributed by atoms with Crippen molar-refractivity contribution in [3.63, 3.8) is 0 Å². The first kappa shape index (κ1) is 30.6. The number of piperidine rings is 1. The van der Waals surface area contributed by atoms with E-state index in [0.29, 0.717) is 48.3 Å². The van der Waals surface area contributed by atoms with Crippen LogP contribution in [0.2, 0.25) is 0 Å². The van der Waals surface area contributed by atoms with Crippen molar-refractivity contribution in [2.75, 3.05) is 13.1 Å². The maximum atomic E-state index is 16.1. The number of likely N-dealkylation sites (tertiary alicyclic amines) is 1. The number of carbonyl (C=O) groups excluding carboxylic acids is 1. The number of oxazole rings is 1. The molecule has 1 unspecified atom stereocenters. The highest BCUT2D eigenvalue weighted by atomic mass is 32.1. The Morgan fingerprint density at radius 3 is 2.59 bits per heavy atom. The van der Waals surface area contributed by atoms with Crippen LogP contribution < -0.4 is 4.74 Å². The average Bonchev–Trinajstić information content (AvgIpc) is 3.68. The number of amides is 1. The van der Waals surface area contributed by atoms with Gasteiger partial charge >= 0.3 is 6.09 Å². The largest absolute Gasteiger partial charge is 0.490 e. The summed E-state index contributed by atoms with van der Waals surface area (Å²) in [7, 11) is 0. The van der Waals surface area contributed by atoms with Gasteiger partial charge in [0.1, 0.15) is 40.3 Å². The SMILES string of the molecule is Cc1sc2c(c1C)C(c1ccc(OC3CC4(CCN(C(=O)OC(C)(C)C)CC4)C3)cc1F)=NC(Cc1ncco1)c1nnc(C)n1-2. The van der Waals surface area contributed by atoms with Crippen LogP contribution in [0.3, 0.4) is 0 Å². The fourth-order valence-electron chi connectivity index (χ4n) is 6.87. The maximum Gasteiger partial charge on any atom is 0.410 e. The lowest BCUT2D eigenvalue weighted by Crippen LogP contribution is -2.52. The Balaban J connectivity index is 1.10. The molecule has 12 heteroatoms. The first-order chi connectivity index (χ1) is 21.9. The number of nitrogens with zero attached hydrogens (tertiary/aromatic N) is 6. The zero-order valence-electron chi connectivity index (χ0n) is 27.1. The summed E-state index contributed by atoms with van der Waals surface area (Å²) in [5.74, 6) is 2.05. The minimum absolute atomic E-state index is 0.0135. The van der Waals surface area contributed by atoms with Gasteiger partial charge in [0.05, 0.1) is 24.4 Å². The first-order valence-corrected chi connectivity index (χ1v) is 16.6. The molecule has 2 fully saturated rings. The van der Waals surface area contributed by atoms with Gasteiger partial charge in [0.2, 0.25) is 0 Å². The van der Waals surface area contributed by atoms with E-state index >= 15 is 4.39 Å². The zero-order chi connectivity index (χ0) is 32.4. The third-order valence-electron chi connectivity index (χ3n) is 9.39. The number of hydrogen-bond donors (Lipinski definition) is 0. The predicted octanol–water partition coefficient (Wildman–Crippen LogP) is 7.07. The van der Waals surface area contributed by atoms with Crippen LogP contribution in [0, 0.1) is 32.0 Å². The molecular formula is C34H39FN6O4S. The fourth-order valence-corrected chi connectivity index (χ4v) is 8.08. The van der Waals surface area contributed by atoms with Gasteiger partial charge in [-0.15, -0.1) is 21.5 Å². The summed E-state index contributed by atoms with van der Waals surface area (Å²) in [6, 6.07) is 4.61. The Bertz CT molecular complexity index is 1800. The Morgan fingerprint density at radius 1 is 1.15 bits per heavy atom. The molecule has 1 spiro atoms. The zero-order valence-corrected chi connectivity index (χ0v) is 27.9. The van der Waals surface area contributed by atoms with Gasteiger partial charge in [0, 0.05) is 35.2 Å². The quantitative estimate of drug-likeness (QED) is 0.228. The van der Waals surface area contributed by atoms with Gasteiger partial charge in [0.25, 0.3) is 0 Å². The van der Waals surface area contributed by atoms with E-state index in [1.165, 1.54) is 12.3 Å². The van der Waals surface area contributed by atoms with E-state index < -0.39 is 17.5 Å². The molecule has 3 aromatic heterocycles. The van der Waals surface area contributed by atoms with Crippen LogP contribution in [-0.2, 0) is 11.2 Å². The third kappa shape index (κ3) is 5.61. The van der Waals surface area contributed by atoms with Crippen molar-refractivity contribution in [1.29, 1.82) is 0 Å². The Morgan fingerprint density at radius 2 is 1.91 bits per heavy atom. The van der Waals surface area contributed by atoms with Crippen molar-refractivity contribution in [1.82, 2.24) is 24.6 Å². The van der Waals surface area contributed by atoms with Gasteiger partial charge in [0.15, 0.2) is 11.7 Å². The summed E-state index contributed by atoms with van der Waals surface area (Å²) in [6.45, 7) is 13.1.